The highest BCUT2D eigenvalue weighted by Crippen LogP contribution is 2.26. The Bertz CT molecular complexity index is 450. The Kier molecular flexibility index (Phi) is 3.33. The average molecular weight is 245 g/mol. The first-order valence-electron chi connectivity index (χ1n) is 6.83. The van der Waals surface area contributed by atoms with Gasteiger partial charge >= 0.3 is 0 Å². The van der Waals surface area contributed by atoms with Gasteiger partial charge in [0, 0.05) is 12.8 Å². The van der Waals surface area contributed by atoms with E-state index in [0.717, 1.165) is 44.6 Å². The minimum Gasteiger partial charge on any atom is -0.493 e. The zero-order chi connectivity index (χ0) is 12.4. The smallest absolute Gasteiger partial charge is 0.150 e. The second kappa shape index (κ2) is 5.11. The van der Waals surface area contributed by atoms with E-state index in [1.807, 2.05) is 6.07 Å². The molecule has 1 atom stereocenters. The second-order valence-electron chi connectivity index (χ2n) is 5.16. The summed E-state index contributed by atoms with van der Waals surface area (Å²) < 4.78 is 5.48. The topological polar surface area (TPSA) is 38.3 Å². The maximum absolute atomic E-state index is 12.0. The zero-order valence-corrected chi connectivity index (χ0v) is 10.6. The minimum atomic E-state index is 0.114. The van der Waals surface area contributed by atoms with E-state index in [4.69, 9.17) is 4.74 Å². The van der Waals surface area contributed by atoms with Gasteiger partial charge in [0.1, 0.15) is 11.5 Å². The fraction of sp³-hybridized carbons (Fsp3) is 0.533. The number of hydrogen-bond donors (Lipinski definition) is 1. The van der Waals surface area contributed by atoms with Crippen molar-refractivity contribution >= 4 is 5.78 Å². The molecule has 0 bridgehead atoms. The fourth-order valence-electron chi connectivity index (χ4n) is 2.80. The van der Waals surface area contributed by atoms with Gasteiger partial charge in [-0.2, -0.15) is 0 Å². The second-order valence-corrected chi connectivity index (χ2v) is 5.16. The van der Waals surface area contributed by atoms with E-state index >= 15 is 0 Å². The van der Waals surface area contributed by atoms with E-state index in [9.17, 15) is 4.79 Å². The molecule has 3 rings (SSSR count). The number of hydrogen-bond acceptors (Lipinski definition) is 3. The molecule has 3 nitrogen and oxygen atoms in total. The first-order valence-corrected chi connectivity index (χ1v) is 6.83. The highest BCUT2D eigenvalue weighted by molar-refractivity contribution is 5.84. The lowest BCUT2D eigenvalue weighted by molar-refractivity contribution is -0.120. The van der Waals surface area contributed by atoms with Crippen LogP contribution in [0.4, 0.5) is 0 Å². The summed E-state index contributed by atoms with van der Waals surface area (Å²) in [7, 11) is 0. The number of carbonyl (C=O) groups is 1. The van der Waals surface area contributed by atoms with Gasteiger partial charge in [0.15, 0.2) is 0 Å². The predicted molar refractivity (Wildman–Crippen MR) is 70.0 cm³/mol. The molecule has 18 heavy (non-hydrogen) atoms. The lowest BCUT2D eigenvalue weighted by atomic mass is 10.0. The number of ether oxygens (including phenoxy) is 1. The maximum atomic E-state index is 12.0. The Morgan fingerprint density at radius 1 is 1.44 bits per heavy atom. The molecule has 1 aromatic carbocycles. The average Bonchev–Trinajstić information content (AvgIpc) is 3.05. The van der Waals surface area contributed by atoms with Gasteiger partial charge in [0.25, 0.3) is 0 Å². The van der Waals surface area contributed by atoms with Crippen molar-refractivity contribution in [3.05, 3.63) is 29.3 Å². The van der Waals surface area contributed by atoms with Crippen LogP contribution in [-0.4, -0.2) is 25.0 Å². The molecular formula is C15H19NO2. The molecule has 3 heteroatoms. The van der Waals surface area contributed by atoms with E-state index in [1.54, 1.807) is 0 Å². The van der Waals surface area contributed by atoms with Crippen molar-refractivity contribution in [2.24, 2.45) is 0 Å². The Hall–Kier alpha value is -1.35. The minimum absolute atomic E-state index is 0.114. The Labute approximate surface area is 108 Å². The number of nitrogens with one attached hydrogen (secondary N) is 1. The third-order valence-corrected chi connectivity index (χ3v) is 3.86. The molecule has 0 radical (unpaired) electrons. The van der Waals surface area contributed by atoms with E-state index in [1.165, 1.54) is 11.1 Å². The molecule has 1 aromatic rings. The predicted octanol–water partition coefficient (Wildman–Crippen LogP) is 1.88. The number of rotatable bonds is 4. The summed E-state index contributed by atoms with van der Waals surface area (Å²) in [4.78, 5) is 12.0. The SMILES string of the molecule is O=C(CCc1ccc2c(c1)CCO2)C1CCCN1. The fourth-order valence-corrected chi connectivity index (χ4v) is 2.80. The van der Waals surface area contributed by atoms with Gasteiger partial charge in [0.2, 0.25) is 0 Å². The third kappa shape index (κ3) is 2.41. The molecule has 0 aromatic heterocycles. The van der Waals surface area contributed by atoms with Crippen LogP contribution in [0.15, 0.2) is 18.2 Å². The monoisotopic (exact) mass is 245 g/mol. The number of aryl methyl sites for hydroxylation is 1. The Morgan fingerprint density at radius 3 is 3.22 bits per heavy atom. The van der Waals surface area contributed by atoms with Gasteiger partial charge in [-0.05, 0) is 43.0 Å². The molecule has 0 spiro atoms. The number of benzene rings is 1. The van der Waals surface area contributed by atoms with Crippen molar-refractivity contribution in [2.45, 2.75) is 38.1 Å². The largest absolute Gasteiger partial charge is 0.493 e. The van der Waals surface area contributed by atoms with E-state index in [-0.39, 0.29) is 6.04 Å². The van der Waals surface area contributed by atoms with Crippen molar-refractivity contribution in [1.29, 1.82) is 0 Å². The molecule has 1 fully saturated rings. The van der Waals surface area contributed by atoms with Crippen LogP contribution in [0.25, 0.3) is 0 Å². The standard InChI is InChI=1S/C15H19NO2/c17-14(13-2-1-8-16-13)5-3-11-4-6-15-12(10-11)7-9-18-15/h4,6,10,13,16H,1-3,5,7-9H2. The molecule has 96 valence electrons. The highest BCUT2D eigenvalue weighted by atomic mass is 16.5. The quantitative estimate of drug-likeness (QED) is 0.880. The number of ketones is 1. The van der Waals surface area contributed by atoms with Crippen LogP contribution in [0.1, 0.15) is 30.4 Å². The summed E-state index contributed by atoms with van der Waals surface area (Å²) in [5, 5.41) is 3.26. The Balaban J connectivity index is 1.58. The van der Waals surface area contributed by atoms with Gasteiger partial charge in [-0.25, -0.2) is 0 Å². The van der Waals surface area contributed by atoms with Crippen LogP contribution >= 0.6 is 0 Å². The van der Waals surface area contributed by atoms with Crippen LogP contribution in [0.5, 0.6) is 5.75 Å². The van der Waals surface area contributed by atoms with Crippen molar-refractivity contribution < 1.29 is 9.53 Å². The summed E-state index contributed by atoms with van der Waals surface area (Å²) >= 11 is 0. The normalized spacial score (nSPS) is 21.7. The summed E-state index contributed by atoms with van der Waals surface area (Å²) in [6.07, 6.45) is 4.65. The highest BCUT2D eigenvalue weighted by Gasteiger charge is 2.21. The summed E-state index contributed by atoms with van der Waals surface area (Å²) in [6, 6.07) is 6.43. The van der Waals surface area contributed by atoms with Crippen LogP contribution in [0.2, 0.25) is 0 Å². The first-order chi connectivity index (χ1) is 8.83. The molecule has 1 saturated heterocycles. The Morgan fingerprint density at radius 2 is 2.39 bits per heavy atom. The lowest BCUT2D eigenvalue weighted by Crippen LogP contribution is -2.30. The number of fused-ring (bicyclic) bond motifs is 1. The van der Waals surface area contributed by atoms with Crippen LogP contribution < -0.4 is 10.1 Å². The van der Waals surface area contributed by atoms with E-state index < -0.39 is 0 Å². The molecule has 2 heterocycles. The van der Waals surface area contributed by atoms with Crippen molar-refractivity contribution in [3.8, 4) is 5.75 Å². The summed E-state index contributed by atoms with van der Waals surface area (Å²) in [6.45, 7) is 1.79. The molecule has 2 aliphatic rings. The molecule has 0 aliphatic carbocycles. The van der Waals surface area contributed by atoms with E-state index in [0.29, 0.717) is 12.2 Å². The van der Waals surface area contributed by atoms with Gasteiger partial charge < -0.3 is 10.1 Å². The molecule has 0 saturated carbocycles. The van der Waals surface area contributed by atoms with Crippen LogP contribution in [0, 0.1) is 0 Å². The van der Waals surface area contributed by atoms with Crippen LogP contribution in [0.3, 0.4) is 0 Å². The maximum Gasteiger partial charge on any atom is 0.150 e. The molecule has 2 aliphatic heterocycles. The number of Topliss-reactive ketones (excluding diaryl/α,β-unsaturated/α-hetero) is 1. The first kappa shape index (κ1) is 11.7. The van der Waals surface area contributed by atoms with E-state index in [2.05, 4.69) is 17.4 Å². The molecule has 1 N–H and O–H groups in total. The lowest BCUT2D eigenvalue weighted by Gasteiger charge is -2.09. The zero-order valence-electron chi connectivity index (χ0n) is 10.6. The molecule has 1 unspecified atom stereocenters. The summed E-state index contributed by atoms with van der Waals surface area (Å²) in [5.41, 5.74) is 2.55. The van der Waals surface area contributed by atoms with Crippen molar-refractivity contribution in [3.63, 3.8) is 0 Å². The van der Waals surface area contributed by atoms with Gasteiger partial charge in [0.05, 0.1) is 12.6 Å². The third-order valence-electron chi connectivity index (χ3n) is 3.86. The van der Waals surface area contributed by atoms with Gasteiger partial charge in [-0.15, -0.1) is 0 Å². The van der Waals surface area contributed by atoms with Crippen molar-refractivity contribution in [2.75, 3.05) is 13.2 Å². The molecular weight excluding hydrogens is 226 g/mol. The molecule has 0 amide bonds. The van der Waals surface area contributed by atoms with Gasteiger partial charge in [-0.1, -0.05) is 12.1 Å². The summed E-state index contributed by atoms with van der Waals surface area (Å²) in [5.74, 6) is 1.38. The number of carbonyl (C=O) groups excluding carboxylic acids is 1. The van der Waals surface area contributed by atoms with Gasteiger partial charge in [-0.3, -0.25) is 4.79 Å². The van der Waals surface area contributed by atoms with Crippen LogP contribution in [-0.2, 0) is 17.6 Å². The van der Waals surface area contributed by atoms with Crippen molar-refractivity contribution in [1.82, 2.24) is 5.32 Å².